The van der Waals surface area contributed by atoms with Crippen LogP contribution in [0.15, 0.2) is 12.1 Å². The Morgan fingerprint density at radius 2 is 2.00 bits per heavy atom. The zero-order valence-electron chi connectivity index (χ0n) is 11.8. The van der Waals surface area contributed by atoms with E-state index in [0.717, 1.165) is 29.7 Å². The van der Waals surface area contributed by atoms with E-state index in [1.54, 1.807) is 0 Å². The molecule has 0 aromatic heterocycles. The van der Waals surface area contributed by atoms with Gasteiger partial charge in [-0.3, -0.25) is 4.79 Å². The first-order valence-corrected chi connectivity index (χ1v) is 6.77. The first kappa shape index (κ1) is 13.1. The Kier molecular flexibility index (Phi) is 3.47. The number of Topliss-reactive ketones (excluding diaryl/α,β-unsaturated/α-hetero) is 1. The lowest BCUT2D eigenvalue weighted by atomic mass is 9.83. The van der Waals surface area contributed by atoms with Crippen LogP contribution in [0.1, 0.15) is 62.0 Å². The van der Waals surface area contributed by atoms with E-state index in [1.165, 1.54) is 5.56 Å². The summed E-state index contributed by atoms with van der Waals surface area (Å²) >= 11 is 0. The van der Waals surface area contributed by atoms with Crippen molar-refractivity contribution in [1.29, 1.82) is 0 Å². The fourth-order valence-corrected chi connectivity index (χ4v) is 2.35. The molecule has 0 saturated carbocycles. The minimum atomic E-state index is -0.000116. The molecule has 2 rings (SSSR count). The summed E-state index contributed by atoms with van der Waals surface area (Å²) in [6.07, 6.45) is 2.37. The van der Waals surface area contributed by atoms with Crippen LogP contribution in [0.2, 0.25) is 0 Å². The van der Waals surface area contributed by atoms with Crippen molar-refractivity contribution in [3.8, 4) is 5.75 Å². The lowest BCUT2D eigenvalue weighted by Crippen LogP contribution is -2.15. The quantitative estimate of drug-likeness (QED) is 0.751. The zero-order chi connectivity index (χ0) is 13.3. The first-order chi connectivity index (χ1) is 8.43. The minimum Gasteiger partial charge on any atom is -0.493 e. The van der Waals surface area contributed by atoms with Crippen molar-refractivity contribution < 1.29 is 9.53 Å². The molecule has 1 aliphatic rings. The topological polar surface area (TPSA) is 26.3 Å². The molecular weight excluding hydrogens is 224 g/mol. The van der Waals surface area contributed by atoms with Crippen LogP contribution in [0.5, 0.6) is 5.75 Å². The normalized spacial score (nSPS) is 15.9. The van der Waals surface area contributed by atoms with Gasteiger partial charge in [-0.25, -0.2) is 0 Å². The fourth-order valence-electron chi connectivity index (χ4n) is 2.35. The Balaban J connectivity index is 2.66. The van der Waals surface area contributed by atoms with Crippen molar-refractivity contribution in [2.24, 2.45) is 0 Å². The molecular formula is C16H22O2. The molecule has 98 valence electrons. The number of hydrogen-bond donors (Lipinski definition) is 0. The minimum absolute atomic E-state index is 0.000116. The highest BCUT2D eigenvalue weighted by atomic mass is 16.5. The molecule has 1 aromatic rings. The summed E-state index contributed by atoms with van der Waals surface area (Å²) in [5, 5.41) is 0. The van der Waals surface area contributed by atoms with Crippen LogP contribution in [-0.4, -0.2) is 12.4 Å². The summed E-state index contributed by atoms with van der Waals surface area (Å²) in [5.41, 5.74) is 3.17. The van der Waals surface area contributed by atoms with E-state index in [-0.39, 0.29) is 11.2 Å². The molecule has 1 heterocycles. The van der Waals surface area contributed by atoms with Crippen molar-refractivity contribution in [3.63, 3.8) is 0 Å². The molecule has 0 bridgehead atoms. The van der Waals surface area contributed by atoms with Gasteiger partial charge >= 0.3 is 0 Å². The predicted molar refractivity (Wildman–Crippen MR) is 73.6 cm³/mol. The lowest BCUT2D eigenvalue weighted by Gasteiger charge is -2.24. The Labute approximate surface area is 109 Å². The van der Waals surface area contributed by atoms with Gasteiger partial charge in [0, 0.05) is 12.0 Å². The maximum atomic E-state index is 12.2. The van der Waals surface area contributed by atoms with E-state index in [0.29, 0.717) is 13.0 Å². The molecule has 0 amide bonds. The van der Waals surface area contributed by atoms with Gasteiger partial charge in [-0.1, -0.05) is 33.8 Å². The summed E-state index contributed by atoms with van der Waals surface area (Å²) in [5.74, 6) is 1.05. The summed E-state index contributed by atoms with van der Waals surface area (Å²) in [6, 6.07) is 4.20. The zero-order valence-corrected chi connectivity index (χ0v) is 11.8. The van der Waals surface area contributed by atoms with Gasteiger partial charge < -0.3 is 4.74 Å². The summed E-state index contributed by atoms with van der Waals surface area (Å²) in [6.45, 7) is 9.27. The molecule has 0 radical (unpaired) electrons. The van der Waals surface area contributed by atoms with Gasteiger partial charge in [0.25, 0.3) is 0 Å². The van der Waals surface area contributed by atoms with Gasteiger partial charge in [-0.05, 0) is 29.9 Å². The molecule has 0 spiro atoms. The van der Waals surface area contributed by atoms with Crippen LogP contribution in [0.25, 0.3) is 0 Å². The van der Waals surface area contributed by atoms with E-state index in [9.17, 15) is 4.79 Å². The van der Waals surface area contributed by atoms with Gasteiger partial charge in [0.1, 0.15) is 5.75 Å². The first-order valence-electron chi connectivity index (χ1n) is 6.77. The predicted octanol–water partition coefficient (Wildman–Crippen LogP) is 3.90. The van der Waals surface area contributed by atoms with Crippen LogP contribution in [0, 0.1) is 0 Å². The highest BCUT2D eigenvalue weighted by molar-refractivity contribution is 5.99. The van der Waals surface area contributed by atoms with Crippen molar-refractivity contribution in [2.75, 3.05) is 6.61 Å². The summed E-state index contributed by atoms with van der Waals surface area (Å²) < 4.78 is 5.86. The second kappa shape index (κ2) is 4.75. The van der Waals surface area contributed by atoms with Gasteiger partial charge in [0.05, 0.1) is 12.2 Å². The Morgan fingerprint density at radius 1 is 1.28 bits per heavy atom. The molecule has 0 N–H and O–H groups in total. The lowest BCUT2D eigenvalue weighted by molar-refractivity contribution is 0.0983. The highest BCUT2D eigenvalue weighted by Gasteiger charge is 2.26. The van der Waals surface area contributed by atoms with E-state index >= 15 is 0 Å². The average molecular weight is 246 g/mol. The van der Waals surface area contributed by atoms with Crippen LogP contribution < -0.4 is 4.74 Å². The number of hydrogen-bond acceptors (Lipinski definition) is 2. The van der Waals surface area contributed by atoms with Gasteiger partial charge in [-0.2, -0.15) is 0 Å². The summed E-state index contributed by atoms with van der Waals surface area (Å²) in [4.78, 5) is 12.2. The number of carbonyl (C=O) groups excluding carboxylic acids is 1. The second-order valence-electron chi connectivity index (χ2n) is 6.00. The number of rotatable bonds is 1. The van der Waals surface area contributed by atoms with Crippen LogP contribution >= 0.6 is 0 Å². The number of aryl methyl sites for hydroxylation is 1. The standard InChI is InChI=1S/C16H22O2/c1-5-11-9-12-14(17)7-6-8-18-15(12)13(10-11)16(2,3)4/h9-10H,5-8H2,1-4H3. The number of ether oxygens (including phenoxy) is 1. The summed E-state index contributed by atoms with van der Waals surface area (Å²) in [7, 11) is 0. The Bertz CT molecular complexity index is 467. The molecule has 0 fully saturated rings. The number of fused-ring (bicyclic) bond motifs is 1. The third kappa shape index (κ3) is 2.43. The Morgan fingerprint density at radius 3 is 2.61 bits per heavy atom. The van der Waals surface area contributed by atoms with Crippen LogP contribution in [-0.2, 0) is 11.8 Å². The molecule has 0 unspecified atom stereocenters. The van der Waals surface area contributed by atoms with E-state index in [2.05, 4.69) is 33.8 Å². The third-order valence-electron chi connectivity index (χ3n) is 3.46. The van der Waals surface area contributed by atoms with Gasteiger partial charge in [-0.15, -0.1) is 0 Å². The van der Waals surface area contributed by atoms with Crippen LogP contribution in [0.4, 0.5) is 0 Å². The van der Waals surface area contributed by atoms with Crippen molar-refractivity contribution in [1.82, 2.24) is 0 Å². The highest BCUT2D eigenvalue weighted by Crippen LogP contribution is 2.37. The number of ketones is 1. The maximum Gasteiger partial charge on any atom is 0.166 e. The molecule has 0 saturated heterocycles. The SMILES string of the molecule is CCc1cc2c(c(C(C)(C)C)c1)OCCCC2=O. The van der Waals surface area contributed by atoms with E-state index in [4.69, 9.17) is 4.74 Å². The second-order valence-corrected chi connectivity index (χ2v) is 6.00. The smallest absolute Gasteiger partial charge is 0.166 e. The molecule has 18 heavy (non-hydrogen) atoms. The largest absolute Gasteiger partial charge is 0.493 e. The van der Waals surface area contributed by atoms with Crippen molar-refractivity contribution in [2.45, 2.75) is 52.4 Å². The molecule has 0 aliphatic carbocycles. The molecule has 1 aromatic carbocycles. The van der Waals surface area contributed by atoms with E-state index < -0.39 is 0 Å². The average Bonchev–Trinajstić information content (AvgIpc) is 2.49. The third-order valence-corrected chi connectivity index (χ3v) is 3.46. The molecule has 0 atom stereocenters. The molecule has 2 heteroatoms. The fraction of sp³-hybridized carbons (Fsp3) is 0.562. The van der Waals surface area contributed by atoms with Crippen LogP contribution in [0.3, 0.4) is 0 Å². The van der Waals surface area contributed by atoms with Gasteiger partial charge in [0.15, 0.2) is 5.78 Å². The number of carbonyl (C=O) groups is 1. The molecule has 2 nitrogen and oxygen atoms in total. The van der Waals surface area contributed by atoms with Crippen molar-refractivity contribution >= 4 is 5.78 Å². The maximum absolute atomic E-state index is 12.2. The Hall–Kier alpha value is -1.31. The van der Waals surface area contributed by atoms with E-state index in [1.807, 2.05) is 6.07 Å². The molecule has 1 aliphatic heterocycles. The van der Waals surface area contributed by atoms with Crippen molar-refractivity contribution in [3.05, 3.63) is 28.8 Å². The van der Waals surface area contributed by atoms with Gasteiger partial charge in [0.2, 0.25) is 0 Å². The number of benzene rings is 1. The monoisotopic (exact) mass is 246 g/mol.